The van der Waals surface area contributed by atoms with Gasteiger partial charge >= 0.3 is 35.8 Å². The SMILES string of the molecule is COc1ccc2c3c1O[C@@H]1C(OC(=O)C[C@H](OC(=O)[C@H](O)[C@@H](O)C(=O)O)C(=O)O[C@@H](C)C(=O)O[C@@H](C)C(=O)O)=CC[C@]4(O)[C@@H](CCC[C@@]314)C2. The Morgan fingerprint density at radius 3 is 2.29 bits per heavy atom. The summed E-state index contributed by atoms with van der Waals surface area (Å²) in [6.07, 6.45) is -8.85. The first-order valence-electron chi connectivity index (χ1n) is 15.5. The third kappa shape index (κ3) is 6.06. The van der Waals surface area contributed by atoms with E-state index in [-0.39, 0.29) is 18.1 Å². The van der Waals surface area contributed by atoms with E-state index in [0.717, 1.165) is 37.8 Å². The fraction of sp³-hybridized carbons (Fsp3) is 0.562. The molecule has 0 amide bonds. The average molecular weight is 693 g/mol. The lowest BCUT2D eigenvalue weighted by Gasteiger charge is -2.59. The summed E-state index contributed by atoms with van der Waals surface area (Å²) in [6.45, 7) is 2.04. The Bertz CT molecular complexity index is 1600. The highest BCUT2D eigenvalue weighted by Gasteiger charge is 2.71. The molecule has 1 saturated carbocycles. The molecule has 1 fully saturated rings. The Hall–Kier alpha value is -4.74. The van der Waals surface area contributed by atoms with Gasteiger partial charge in [-0.15, -0.1) is 0 Å². The number of hydrogen-bond acceptors (Lipinski definition) is 15. The van der Waals surface area contributed by atoms with Gasteiger partial charge in [0.1, 0.15) is 5.76 Å². The van der Waals surface area contributed by atoms with Crippen LogP contribution in [0.25, 0.3) is 0 Å². The average Bonchev–Trinajstić information content (AvgIpc) is 3.39. The summed E-state index contributed by atoms with van der Waals surface area (Å²) in [5.74, 6) is -8.65. The highest BCUT2D eigenvalue weighted by Crippen LogP contribution is 2.67. The van der Waals surface area contributed by atoms with Gasteiger partial charge in [0.05, 0.1) is 24.5 Å². The summed E-state index contributed by atoms with van der Waals surface area (Å²) in [5.41, 5.74) is -0.482. The van der Waals surface area contributed by atoms with E-state index >= 15 is 0 Å². The zero-order valence-electron chi connectivity index (χ0n) is 26.7. The van der Waals surface area contributed by atoms with E-state index < -0.39 is 89.9 Å². The monoisotopic (exact) mass is 692 g/mol. The van der Waals surface area contributed by atoms with Crippen molar-refractivity contribution in [2.45, 2.75) is 100 Å². The second-order valence-electron chi connectivity index (χ2n) is 12.5. The predicted molar refractivity (Wildman–Crippen MR) is 157 cm³/mol. The van der Waals surface area contributed by atoms with Crippen molar-refractivity contribution in [1.82, 2.24) is 0 Å². The Kier molecular flexibility index (Phi) is 9.64. The van der Waals surface area contributed by atoms with Crippen molar-refractivity contribution in [2.75, 3.05) is 7.11 Å². The third-order valence-electron chi connectivity index (χ3n) is 9.63. The minimum Gasteiger partial charge on any atom is -0.493 e. The number of carbonyl (C=O) groups is 6. The number of benzene rings is 1. The molecule has 266 valence electrons. The van der Waals surface area contributed by atoms with Gasteiger partial charge in [-0.05, 0) is 63.2 Å². The van der Waals surface area contributed by atoms with Gasteiger partial charge in [-0.1, -0.05) is 12.5 Å². The number of rotatable bonds is 13. The molecule has 9 atom stereocenters. The maximum atomic E-state index is 13.4. The number of methoxy groups -OCH3 is 1. The maximum absolute atomic E-state index is 13.4. The first kappa shape index (κ1) is 35.6. The van der Waals surface area contributed by atoms with Crippen LogP contribution >= 0.6 is 0 Å². The zero-order chi connectivity index (χ0) is 36.0. The molecule has 3 aliphatic carbocycles. The highest BCUT2D eigenvalue weighted by atomic mass is 16.6. The van der Waals surface area contributed by atoms with Crippen LogP contribution in [0.4, 0.5) is 0 Å². The van der Waals surface area contributed by atoms with Crippen molar-refractivity contribution < 1.29 is 82.7 Å². The number of carboxylic acid groups (broad SMARTS) is 2. The summed E-state index contributed by atoms with van der Waals surface area (Å²) in [7, 11) is 1.47. The molecule has 1 spiro atoms. The lowest BCUT2D eigenvalue weighted by Crippen LogP contribution is -2.67. The standard InChI is InChI=1S/C32H36O17/c1-13(26(36)37)45-28(40)14(2)46-29(41)19(48-30(42)23(35)22(34)27(38)39)12-20(33)47-18-8-10-32(43)16-5-4-9-31(32)21-15(11-16)6-7-17(44-3)24(21)49-25(18)31/h6-8,13-14,16,19,22-23,25,34-35,43H,4-5,9-12H2,1-3H3,(H,36,37)(H,38,39)/t13-,14-,16-,19-,22+,23+,25+,31+,32-/m0/s1. The summed E-state index contributed by atoms with van der Waals surface area (Å²) < 4.78 is 32.0. The van der Waals surface area contributed by atoms with E-state index in [4.69, 9.17) is 33.9 Å². The summed E-state index contributed by atoms with van der Waals surface area (Å²) in [6, 6.07) is 3.68. The largest absolute Gasteiger partial charge is 0.493 e. The van der Waals surface area contributed by atoms with Crippen LogP contribution < -0.4 is 9.47 Å². The number of hydrogen-bond donors (Lipinski definition) is 5. The van der Waals surface area contributed by atoms with Gasteiger partial charge in [-0.25, -0.2) is 24.0 Å². The van der Waals surface area contributed by atoms with E-state index in [1.54, 1.807) is 6.07 Å². The minimum absolute atomic E-state index is 0.000750. The van der Waals surface area contributed by atoms with Crippen LogP contribution in [-0.4, -0.2) is 111 Å². The maximum Gasteiger partial charge on any atom is 0.348 e. The van der Waals surface area contributed by atoms with E-state index in [1.807, 2.05) is 6.07 Å². The van der Waals surface area contributed by atoms with E-state index in [0.29, 0.717) is 24.3 Å². The number of carboxylic acids is 2. The van der Waals surface area contributed by atoms with Crippen LogP contribution in [-0.2, 0) is 59.6 Å². The Balaban J connectivity index is 1.38. The third-order valence-corrected chi connectivity index (χ3v) is 9.63. The Morgan fingerprint density at radius 1 is 0.939 bits per heavy atom. The number of ether oxygens (including phenoxy) is 6. The van der Waals surface area contributed by atoms with Crippen LogP contribution in [0.3, 0.4) is 0 Å². The first-order chi connectivity index (χ1) is 23.0. The van der Waals surface area contributed by atoms with Crippen molar-refractivity contribution in [2.24, 2.45) is 5.92 Å². The molecule has 0 radical (unpaired) electrons. The first-order valence-corrected chi connectivity index (χ1v) is 15.5. The smallest absolute Gasteiger partial charge is 0.348 e. The molecule has 17 nitrogen and oxygen atoms in total. The normalized spacial score (nSPS) is 27.3. The van der Waals surface area contributed by atoms with Crippen LogP contribution in [0.15, 0.2) is 24.0 Å². The number of aliphatic carboxylic acids is 2. The van der Waals surface area contributed by atoms with Crippen molar-refractivity contribution in [3.05, 3.63) is 35.1 Å². The number of aliphatic hydroxyl groups is 3. The lowest BCUT2D eigenvalue weighted by atomic mass is 9.47. The van der Waals surface area contributed by atoms with Crippen LogP contribution in [0.5, 0.6) is 11.5 Å². The van der Waals surface area contributed by atoms with Gasteiger partial charge in [-0.3, -0.25) is 4.79 Å². The van der Waals surface area contributed by atoms with Gasteiger partial charge in [0.25, 0.3) is 0 Å². The van der Waals surface area contributed by atoms with Crippen molar-refractivity contribution in [1.29, 1.82) is 0 Å². The zero-order valence-corrected chi connectivity index (χ0v) is 26.7. The molecule has 5 rings (SSSR count). The summed E-state index contributed by atoms with van der Waals surface area (Å²) in [4.78, 5) is 73.3. The minimum atomic E-state index is -2.69. The van der Waals surface area contributed by atoms with E-state index in [1.165, 1.54) is 13.2 Å². The molecule has 1 aromatic carbocycles. The number of carbonyl (C=O) groups excluding carboxylic acids is 4. The number of aliphatic hydroxyl groups excluding tert-OH is 2. The molecule has 49 heavy (non-hydrogen) atoms. The molecule has 0 aromatic heterocycles. The van der Waals surface area contributed by atoms with Crippen molar-refractivity contribution in [3.63, 3.8) is 0 Å². The van der Waals surface area contributed by atoms with Crippen LogP contribution in [0, 0.1) is 5.92 Å². The molecule has 5 N–H and O–H groups in total. The van der Waals surface area contributed by atoms with Crippen LogP contribution in [0.1, 0.15) is 57.1 Å². The molecule has 1 aliphatic heterocycles. The molecule has 2 bridgehead atoms. The van der Waals surface area contributed by atoms with Crippen molar-refractivity contribution >= 4 is 35.8 Å². The molecular formula is C32H36O17. The van der Waals surface area contributed by atoms with Crippen molar-refractivity contribution in [3.8, 4) is 11.5 Å². The van der Waals surface area contributed by atoms with E-state index in [2.05, 4.69) is 4.74 Å². The molecule has 1 aromatic rings. The Morgan fingerprint density at radius 2 is 1.63 bits per heavy atom. The lowest BCUT2D eigenvalue weighted by molar-refractivity contribution is -0.188. The van der Waals surface area contributed by atoms with Gasteiger partial charge in [0, 0.05) is 5.56 Å². The second kappa shape index (κ2) is 13.3. The van der Waals surface area contributed by atoms with Gasteiger partial charge in [0.15, 0.2) is 42.0 Å². The quantitative estimate of drug-likeness (QED) is 0.131. The molecule has 4 aliphatic rings. The molecular weight excluding hydrogens is 656 g/mol. The second-order valence-corrected chi connectivity index (χ2v) is 12.5. The Labute approximate surface area is 278 Å². The van der Waals surface area contributed by atoms with Crippen LogP contribution in [0.2, 0.25) is 0 Å². The predicted octanol–water partition coefficient (Wildman–Crippen LogP) is -0.332. The fourth-order valence-electron chi connectivity index (χ4n) is 7.27. The van der Waals surface area contributed by atoms with Gasteiger partial charge in [-0.2, -0.15) is 0 Å². The molecule has 0 unspecified atom stereocenters. The molecule has 17 heteroatoms. The topological polar surface area (TPSA) is 259 Å². The highest BCUT2D eigenvalue weighted by molar-refractivity contribution is 5.89. The molecule has 1 heterocycles. The fourth-order valence-corrected chi connectivity index (χ4v) is 7.27. The molecule has 0 saturated heterocycles. The van der Waals surface area contributed by atoms with E-state index in [9.17, 15) is 44.1 Å². The number of esters is 4. The summed E-state index contributed by atoms with van der Waals surface area (Å²) >= 11 is 0. The van der Waals surface area contributed by atoms with Gasteiger partial charge in [0.2, 0.25) is 6.10 Å². The van der Waals surface area contributed by atoms with Gasteiger partial charge < -0.3 is 54.0 Å². The summed E-state index contributed by atoms with van der Waals surface area (Å²) in [5, 5.41) is 49.6.